The highest BCUT2D eigenvalue weighted by atomic mass is 16.4. The molecule has 4 rings (SSSR count). The first-order valence-corrected chi connectivity index (χ1v) is 7.26. The lowest BCUT2D eigenvalue weighted by Crippen LogP contribution is -2.43. The van der Waals surface area contributed by atoms with Gasteiger partial charge in [-0.15, -0.1) is 0 Å². The van der Waals surface area contributed by atoms with Gasteiger partial charge < -0.3 is 19.7 Å². The number of aromatic nitrogens is 1. The molecule has 114 valence electrons. The van der Waals surface area contributed by atoms with Crippen LogP contribution in [-0.4, -0.2) is 52.5 Å². The fraction of sp³-hybridized carbons (Fsp3) is 0.400. The van der Waals surface area contributed by atoms with Crippen molar-refractivity contribution in [1.82, 2.24) is 15.2 Å². The summed E-state index contributed by atoms with van der Waals surface area (Å²) in [5.74, 6) is -1.02. The zero-order valence-corrected chi connectivity index (χ0v) is 11.8. The molecule has 2 bridgehead atoms. The quantitative estimate of drug-likeness (QED) is 0.876. The van der Waals surface area contributed by atoms with Crippen LogP contribution in [0.1, 0.15) is 27.5 Å². The Morgan fingerprint density at radius 3 is 2.91 bits per heavy atom. The number of amides is 1. The normalized spacial score (nSPS) is 26.5. The molecular weight excluding hydrogens is 286 g/mol. The van der Waals surface area contributed by atoms with Crippen molar-refractivity contribution in [1.29, 1.82) is 0 Å². The molecule has 2 aliphatic rings. The molecule has 0 spiro atoms. The van der Waals surface area contributed by atoms with Gasteiger partial charge in [-0.25, -0.2) is 4.79 Å². The van der Waals surface area contributed by atoms with Crippen LogP contribution in [0.25, 0.3) is 11.0 Å². The monoisotopic (exact) mass is 301 g/mol. The fourth-order valence-corrected chi connectivity index (χ4v) is 3.35. The van der Waals surface area contributed by atoms with E-state index in [2.05, 4.69) is 15.2 Å². The lowest BCUT2D eigenvalue weighted by molar-refractivity contribution is 0.0665. The van der Waals surface area contributed by atoms with Crippen molar-refractivity contribution in [2.24, 2.45) is 5.92 Å². The van der Waals surface area contributed by atoms with Gasteiger partial charge in [0.05, 0.1) is 0 Å². The van der Waals surface area contributed by atoms with Crippen molar-refractivity contribution in [3.63, 3.8) is 0 Å². The van der Waals surface area contributed by atoms with Crippen LogP contribution >= 0.6 is 0 Å². The largest absolute Gasteiger partial charge is 0.475 e. The number of nitrogens with one attached hydrogen (secondary N) is 1. The smallest absolute Gasteiger partial charge is 0.371 e. The Morgan fingerprint density at radius 2 is 2.23 bits per heavy atom. The van der Waals surface area contributed by atoms with Gasteiger partial charge in [-0.1, -0.05) is 0 Å². The summed E-state index contributed by atoms with van der Waals surface area (Å²) in [7, 11) is 0. The molecule has 2 N–H and O–H groups in total. The van der Waals surface area contributed by atoms with Crippen LogP contribution in [0.5, 0.6) is 0 Å². The van der Waals surface area contributed by atoms with E-state index >= 15 is 0 Å². The molecule has 7 nitrogen and oxygen atoms in total. The van der Waals surface area contributed by atoms with E-state index in [0.717, 1.165) is 26.1 Å². The van der Waals surface area contributed by atoms with Crippen LogP contribution in [0.2, 0.25) is 0 Å². The van der Waals surface area contributed by atoms with E-state index in [0.29, 0.717) is 16.9 Å². The maximum absolute atomic E-state index is 12.3. The topological polar surface area (TPSA) is 95.7 Å². The molecule has 2 aromatic heterocycles. The summed E-state index contributed by atoms with van der Waals surface area (Å²) in [6, 6.07) is 3.06. The molecular formula is C15H15N3O4. The van der Waals surface area contributed by atoms with Gasteiger partial charge >= 0.3 is 5.97 Å². The second kappa shape index (κ2) is 4.81. The third kappa shape index (κ3) is 2.14. The second-order valence-electron chi connectivity index (χ2n) is 5.91. The highest BCUT2D eigenvalue weighted by Crippen LogP contribution is 2.28. The van der Waals surface area contributed by atoms with Crippen LogP contribution in [0, 0.1) is 5.92 Å². The molecule has 4 heterocycles. The zero-order chi connectivity index (χ0) is 15.3. The number of carbonyl (C=O) groups excluding carboxylic acids is 1. The molecule has 1 amide bonds. The molecule has 2 aromatic rings. The molecule has 0 aromatic carbocycles. The Kier molecular flexibility index (Phi) is 2.90. The second-order valence-corrected chi connectivity index (χ2v) is 5.91. The van der Waals surface area contributed by atoms with Crippen molar-refractivity contribution in [2.45, 2.75) is 12.5 Å². The minimum Gasteiger partial charge on any atom is -0.475 e. The Balaban J connectivity index is 1.55. The lowest BCUT2D eigenvalue weighted by atomic mass is 10.00. The molecule has 0 radical (unpaired) electrons. The number of fused-ring (bicyclic) bond motifs is 3. The molecule has 2 fully saturated rings. The highest BCUT2D eigenvalue weighted by molar-refractivity contribution is 5.97. The average Bonchev–Trinajstić information content (AvgIpc) is 3.20. The Morgan fingerprint density at radius 1 is 1.36 bits per heavy atom. The van der Waals surface area contributed by atoms with Crippen molar-refractivity contribution < 1.29 is 19.1 Å². The van der Waals surface area contributed by atoms with Gasteiger partial charge in [0.25, 0.3) is 5.91 Å². The predicted octanol–water partition coefficient (Wildman–Crippen LogP) is 0.960. The van der Waals surface area contributed by atoms with Gasteiger partial charge in [0.2, 0.25) is 5.76 Å². The number of pyridine rings is 1. The summed E-state index contributed by atoms with van der Waals surface area (Å²) in [5.41, 5.74) is 0.603. The summed E-state index contributed by atoms with van der Waals surface area (Å²) in [6.45, 7) is 3.06. The summed E-state index contributed by atoms with van der Waals surface area (Å²) in [4.78, 5) is 29.7. The molecule has 7 heteroatoms. The molecule has 2 aliphatic heterocycles. The van der Waals surface area contributed by atoms with E-state index in [1.165, 1.54) is 18.3 Å². The number of carbonyl (C=O) groups is 2. The van der Waals surface area contributed by atoms with E-state index in [1.807, 2.05) is 0 Å². The number of hydrogen-bond donors (Lipinski definition) is 2. The number of aromatic carboxylic acids is 1. The van der Waals surface area contributed by atoms with Gasteiger partial charge in [-0.05, 0) is 18.9 Å². The number of furan rings is 1. The first-order chi connectivity index (χ1) is 10.6. The number of piperidine rings is 1. The van der Waals surface area contributed by atoms with Crippen LogP contribution < -0.4 is 5.32 Å². The maximum Gasteiger partial charge on any atom is 0.371 e. The van der Waals surface area contributed by atoms with Crippen LogP contribution in [-0.2, 0) is 0 Å². The van der Waals surface area contributed by atoms with E-state index in [9.17, 15) is 9.59 Å². The lowest BCUT2D eigenvalue weighted by Gasteiger charge is -2.22. The van der Waals surface area contributed by atoms with Crippen molar-refractivity contribution >= 4 is 22.8 Å². The first-order valence-electron chi connectivity index (χ1n) is 7.26. The third-order valence-electron chi connectivity index (χ3n) is 4.49. The number of carboxylic acid groups (broad SMARTS) is 1. The van der Waals surface area contributed by atoms with E-state index in [4.69, 9.17) is 9.52 Å². The molecule has 3 atom stereocenters. The summed E-state index contributed by atoms with van der Waals surface area (Å²) >= 11 is 0. The standard InChI is InChI=1S/C15H15N3O4/c19-14(17-11-7-18-2-1-8(11)6-18)10-4-12-9(5-16-10)3-13(22-12)15(20)21/h3-5,8,11H,1-2,6-7H2,(H,17,19)(H,20,21). The molecule has 3 unspecified atom stereocenters. The van der Waals surface area contributed by atoms with Crippen molar-refractivity contribution in [2.75, 3.05) is 19.6 Å². The summed E-state index contributed by atoms with van der Waals surface area (Å²) in [5, 5.41) is 12.5. The summed E-state index contributed by atoms with van der Waals surface area (Å²) in [6.07, 6.45) is 2.59. The third-order valence-corrected chi connectivity index (χ3v) is 4.49. The minimum absolute atomic E-state index is 0.157. The van der Waals surface area contributed by atoms with Gasteiger partial charge in [-0.3, -0.25) is 9.78 Å². The fourth-order valence-electron chi connectivity index (χ4n) is 3.35. The molecule has 0 saturated carbocycles. The van der Waals surface area contributed by atoms with Crippen molar-refractivity contribution in [3.05, 3.63) is 29.8 Å². The van der Waals surface area contributed by atoms with Crippen LogP contribution in [0.15, 0.2) is 22.7 Å². The van der Waals surface area contributed by atoms with E-state index in [1.54, 1.807) is 0 Å². The van der Waals surface area contributed by atoms with E-state index < -0.39 is 5.97 Å². The van der Waals surface area contributed by atoms with Crippen LogP contribution in [0.3, 0.4) is 0 Å². The minimum atomic E-state index is -1.14. The SMILES string of the molecule is O=C(NC1CN2CCC1C2)c1cc2oc(C(=O)O)cc2cn1. The highest BCUT2D eigenvalue weighted by Gasteiger charge is 2.38. The van der Waals surface area contributed by atoms with Gasteiger partial charge in [0.1, 0.15) is 11.3 Å². The average molecular weight is 301 g/mol. The maximum atomic E-state index is 12.3. The molecule has 2 saturated heterocycles. The Hall–Kier alpha value is -2.41. The van der Waals surface area contributed by atoms with Gasteiger partial charge in [0, 0.05) is 42.8 Å². The van der Waals surface area contributed by atoms with E-state index in [-0.39, 0.29) is 23.4 Å². The van der Waals surface area contributed by atoms with Crippen LogP contribution in [0.4, 0.5) is 0 Å². The predicted molar refractivity (Wildman–Crippen MR) is 76.8 cm³/mol. The summed E-state index contributed by atoms with van der Waals surface area (Å²) < 4.78 is 5.21. The first kappa shape index (κ1) is 13.3. The van der Waals surface area contributed by atoms with Crippen molar-refractivity contribution in [3.8, 4) is 0 Å². The molecule has 22 heavy (non-hydrogen) atoms. The Labute approximate surface area is 125 Å². The number of carboxylic acids is 1. The zero-order valence-electron chi connectivity index (χ0n) is 11.8. The number of hydrogen-bond acceptors (Lipinski definition) is 5. The number of rotatable bonds is 3. The number of nitrogens with zero attached hydrogens (tertiary/aromatic N) is 2. The molecule has 0 aliphatic carbocycles. The van der Waals surface area contributed by atoms with Gasteiger partial charge in [-0.2, -0.15) is 0 Å². The Bertz CT molecular complexity index is 769. The van der Waals surface area contributed by atoms with Gasteiger partial charge in [0.15, 0.2) is 0 Å².